The second-order valence-electron chi connectivity index (χ2n) is 6.07. The van der Waals surface area contributed by atoms with Crippen LogP contribution in [0.4, 0.5) is 4.79 Å². The molecule has 1 rings (SSSR count). The first-order valence-electron chi connectivity index (χ1n) is 6.32. The van der Waals surface area contributed by atoms with Crippen molar-refractivity contribution in [2.45, 2.75) is 59.3 Å². The number of amides is 1. The number of epoxide rings is 1. The van der Waals surface area contributed by atoms with Crippen LogP contribution in [-0.4, -0.2) is 41.9 Å². The van der Waals surface area contributed by atoms with Gasteiger partial charge >= 0.3 is 6.09 Å². The number of hydrogen-bond donors (Lipinski definition) is 0. The first-order valence-corrected chi connectivity index (χ1v) is 6.32. The molecule has 0 bridgehead atoms. The van der Waals surface area contributed by atoms with Gasteiger partial charge in [-0.15, -0.1) is 0 Å². The number of carbonyl (C=O) groups excluding carboxylic acids is 1. The molecule has 0 radical (unpaired) electrons. The van der Waals surface area contributed by atoms with E-state index < -0.39 is 5.60 Å². The Labute approximate surface area is 104 Å². The molecule has 0 aliphatic carbocycles. The molecule has 4 heteroatoms. The van der Waals surface area contributed by atoms with Crippen molar-refractivity contribution in [2.24, 2.45) is 5.92 Å². The van der Waals surface area contributed by atoms with Gasteiger partial charge < -0.3 is 14.4 Å². The molecule has 100 valence electrons. The molecule has 0 aromatic rings. The Morgan fingerprint density at radius 1 is 1.41 bits per heavy atom. The van der Waals surface area contributed by atoms with Crippen LogP contribution in [0.25, 0.3) is 0 Å². The van der Waals surface area contributed by atoms with E-state index in [1.807, 2.05) is 20.8 Å². The highest BCUT2D eigenvalue weighted by molar-refractivity contribution is 5.68. The highest BCUT2D eigenvalue weighted by atomic mass is 16.6. The summed E-state index contributed by atoms with van der Waals surface area (Å²) in [7, 11) is 0. The van der Waals surface area contributed by atoms with E-state index in [2.05, 4.69) is 20.8 Å². The van der Waals surface area contributed by atoms with Crippen LogP contribution in [0, 0.1) is 5.92 Å². The van der Waals surface area contributed by atoms with Crippen molar-refractivity contribution in [3.8, 4) is 0 Å². The predicted octanol–water partition coefficient (Wildman–Crippen LogP) is 2.67. The lowest BCUT2D eigenvalue weighted by Gasteiger charge is -2.33. The molecule has 0 spiro atoms. The van der Waals surface area contributed by atoms with Crippen molar-refractivity contribution in [3.63, 3.8) is 0 Å². The van der Waals surface area contributed by atoms with Gasteiger partial charge in [0.25, 0.3) is 0 Å². The maximum Gasteiger partial charge on any atom is 0.410 e. The number of nitrogens with zero attached hydrogens (tertiary/aromatic N) is 1. The minimum Gasteiger partial charge on any atom is -0.444 e. The van der Waals surface area contributed by atoms with E-state index in [-0.39, 0.29) is 18.2 Å². The van der Waals surface area contributed by atoms with Crippen LogP contribution in [0.5, 0.6) is 0 Å². The van der Waals surface area contributed by atoms with Gasteiger partial charge in [-0.2, -0.15) is 0 Å². The van der Waals surface area contributed by atoms with Gasteiger partial charge in [0.2, 0.25) is 0 Å². The van der Waals surface area contributed by atoms with Gasteiger partial charge in [0.05, 0.1) is 19.3 Å². The SMILES string of the molecule is CC(C)C(C)N(CC1CO1)C(=O)OC(C)(C)C. The second kappa shape index (κ2) is 5.25. The van der Waals surface area contributed by atoms with Crippen LogP contribution >= 0.6 is 0 Å². The lowest BCUT2D eigenvalue weighted by Crippen LogP contribution is -2.46. The van der Waals surface area contributed by atoms with Gasteiger partial charge in [-0.3, -0.25) is 0 Å². The molecule has 17 heavy (non-hydrogen) atoms. The molecule has 0 N–H and O–H groups in total. The summed E-state index contributed by atoms with van der Waals surface area (Å²) >= 11 is 0. The third kappa shape index (κ3) is 4.94. The summed E-state index contributed by atoms with van der Waals surface area (Å²) in [6.45, 7) is 13.3. The van der Waals surface area contributed by atoms with Gasteiger partial charge in [-0.1, -0.05) is 13.8 Å². The monoisotopic (exact) mass is 243 g/mol. The standard InChI is InChI=1S/C13H25NO3/c1-9(2)10(3)14(7-11-8-16-11)12(15)17-13(4,5)6/h9-11H,7-8H2,1-6H3. The largest absolute Gasteiger partial charge is 0.444 e. The Morgan fingerprint density at radius 3 is 2.29 bits per heavy atom. The van der Waals surface area contributed by atoms with E-state index in [4.69, 9.17) is 9.47 Å². The van der Waals surface area contributed by atoms with E-state index in [1.54, 1.807) is 4.90 Å². The zero-order chi connectivity index (χ0) is 13.2. The van der Waals surface area contributed by atoms with Gasteiger partial charge in [-0.25, -0.2) is 4.79 Å². The first-order chi connectivity index (χ1) is 7.70. The summed E-state index contributed by atoms with van der Waals surface area (Å²) in [5, 5.41) is 0. The highest BCUT2D eigenvalue weighted by Crippen LogP contribution is 2.20. The molecular weight excluding hydrogens is 218 g/mol. The third-order valence-corrected chi connectivity index (χ3v) is 2.89. The topological polar surface area (TPSA) is 42.1 Å². The summed E-state index contributed by atoms with van der Waals surface area (Å²) in [5.41, 5.74) is -0.448. The maximum atomic E-state index is 12.1. The van der Waals surface area contributed by atoms with Crippen LogP contribution in [0.1, 0.15) is 41.5 Å². The van der Waals surface area contributed by atoms with Crippen LogP contribution in [-0.2, 0) is 9.47 Å². The van der Waals surface area contributed by atoms with Crippen molar-refractivity contribution >= 4 is 6.09 Å². The average molecular weight is 243 g/mol. The van der Waals surface area contributed by atoms with Gasteiger partial charge in [0, 0.05) is 6.04 Å². The Balaban J connectivity index is 2.63. The summed E-state index contributed by atoms with van der Waals surface area (Å²) in [6.07, 6.45) is -0.0436. The third-order valence-electron chi connectivity index (χ3n) is 2.89. The molecule has 1 amide bonds. The molecular formula is C13H25NO3. The molecule has 2 unspecified atom stereocenters. The first kappa shape index (κ1) is 14.3. The molecule has 1 aliphatic rings. The highest BCUT2D eigenvalue weighted by Gasteiger charge is 2.33. The zero-order valence-electron chi connectivity index (χ0n) is 11.8. The van der Waals surface area contributed by atoms with Gasteiger partial charge in [0.1, 0.15) is 5.60 Å². The fraction of sp³-hybridized carbons (Fsp3) is 0.923. The van der Waals surface area contributed by atoms with Crippen molar-refractivity contribution in [2.75, 3.05) is 13.2 Å². The van der Waals surface area contributed by atoms with Crippen LogP contribution < -0.4 is 0 Å². The number of ether oxygens (including phenoxy) is 2. The van der Waals surface area contributed by atoms with Crippen molar-refractivity contribution < 1.29 is 14.3 Å². The van der Waals surface area contributed by atoms with E-state index in [0.29, 0.717) is 12.5 Å². The summed E-state index contributed by atoms with van der Waals surface area (Å²) in [6, 6.07) is 0.161. The lowest BCUT2D eigenvalue weighted by molar-refractivity contribution is 0.0116. The van der Waals surface area contributed by atoms with E-state index in [9.17, 15) is 4.79 Å². The molecule has 0 aromatic carbocycles. The van der Waals surface area contributed by atoms with Gasteiger partial charge in [-0.05, 0) is 33.6 Å². The molecule has 1 saturated heterocycles. The fourth-order valence-electron chi connectivity index (χ4n) is 1.48. The van der Waals surface area contributed by atoms with Crippen LogP contribution in [0.2, 0.25) is 0 Å². The number of carbonyl (C=O) groups is 1. The smallest absolute Gasteiger partial charge is 0.410 e. The fourth-order valence-corrected chi connectivity index (χ4v) is 1.48. The molecule has 2 atom stereocenters. The van der Waals surface area contributed by atoms with Crippen LogP contribution in [0.15, 0.2) is 0 Å². The number of hydrogen-bond acceptors (Lipinski definition) is 3. The molecule has 1 fully saturated rings. The van der Waals surface area contributed by atoms with E-state index >= 15 is 0 Å². The van der Waals surface area contributed by atoms with Crippen LogP contribution in [0.3, 0.4) is 0 Å². The molecule has 1 aliphatic heterocycles. The van der Waals surface area contributed by atoms with Crippen molar-refractivity contribution in [1.82, 2.24) is 4.90 Å². The summed E-state index contributed by atoms with van der Waals surface area (Å²) in [5.74, 6) is 0.404. The van der Waals surface area contributed by atoms with E-state index in [0.717, 1.165) is 6.61 Å². The summed E-state index contributed by atoms with van der Waals surface area (Å²) < 4.78 is 10.6. The average Bonchev–Trinajstić information content (AvgIpc) is 2.93. The molecule has 0 aromatic heterocycles. The Bertz CT molecular complexity index is 266. The van der Waals surface area contributed by atoms with Gasteiger partial charge in [0.15, 0.2) is 0 Å². The van der Waals surface area contributed by atoms with E-state index in [1.165, 1.54) is 0 Å². The van der Waals surface area contributed by atoms with Crippen molar-refractivity contribution in [3.05, 3.63) is 0 Å². The minimum atomic E-state index is -0.448. The summed E-state index contributed by atoms with van der Waals surface area (Å²) in [4.78, 5) is 13.9. The predicted molar refractivity (Wildman–Crippen MR) is 67.0 cm³/mol. The Morgan fingerprint density at radius 2 is 1.94 bits per heavy atom. The Kier molecular flexibility index (Phi) is 4.42. The molecule has 4 nitrogen and oxygen atoms in total. The Hall–Kier alpha value is -0.770. The normalized spacial score (nSPS) is 21.2. The second-order valence-corrected chi connectivity index (χ2v) is 6.07. The molecule has 0 saturated carbocycles. The van der Waals surface area contributed by atoms with Crippen molar-refractivity contribution in [1.29, 1.82) is 0 Å². The zero-order valence-corrected chi connectivity index (χ0v) is 11.8. The quantitative estimate of drug-likeness (QED) is 0.713. The lowest BCUT2D eigenvalue weighted by atomic mass is 10.0. The number of rotatable bonds is 4. The molecule has 1 heterocycles. The maximum absolute atomic E-state index is 12.1. The minimum absolute atomic E-state index is 0.161.